The number of likely N-dealkylation sites (N-methyl/N-ethyl adjacent to an activating group) is 1. The van der Waals surface area contributed by atoms with Gasteiger partial charge in [0.2, 0.25) is 0 Å². The fourth-order valence-corrected chi connectivity index (χ4v) is 6.43. The fraction of sp³-hybridized carbons (Fsp3) is 0.265. The van der Waals surface area contributed by atoms with E-state index in [2.05, 4.69) is 10.3 Å². The lowest BCUT2D eigenvalue weighted by molar-refractivity contribution is -0.144. The van der Waals surface area contributed by atoms with Crippen molar-refractivity contribution in [2.45, 2.75) is 24.8 Å². The first-order chi connectivity index (χ1) is 22.6. The zero-order valence-corrected chi connectivity index (χ0v) is 26.5. The average Bonchev–Trinajstić information content (AvgIpc) is 3.35. The zero-order chi connectivity index (χ0) is 33.3. The second kappa shape index (κ2) is 13.4. The average molecular weight is 687 g/mol. The van der Waals surface area contributed by atoms with Gasteiger partial charge in [-0.2, -0.15) is 0 Å². The van der Waals surface area contributed by atoms with E-state index < -0.39 is 36.4 Å². The summed E-state index contributed by atoms with van der Waals surface area (Å²) in [5.41, 5.74) is 2.97. The molecule has 1 saturated heterocycles. The smallest absolute Gasteiger partial charge is 0.408 e. The number of carbonyl (C=O) groups excluding carboxylic acids is 2. The van der Waals surface area contributed by atoms with Crippen LogP contribution in [0.15, 0.2) is 72.9 Å². The van der Waals surface area contributed by atoms with E-state index in [1.54, 1.807) is 6.92 Å². The van der Waals surface area contributed by atoms with Crippen molar-refractivity contribution in [2.24, 2.45) is 0 Å². The number of anilines is 1. The van der Waals surface area contributed by atoms with Crippen molar-refractivity contribution in [1.29, 1.82) is 0 Å². The molecule has 6 rings (SSSR count). The Hall–Kier alpha value is -4.32. The molecule has 13 heteroatoms. The number of aromatic nitrogens is 1. The molecular weight excluding hydrogens is 658 g/mol. The van der Waals surface area contributed by atoms with E-state index >= 15 is 4.39 Å². The zero-order valence-electron chi connectivity index (χ0n) is 24.9. The molecule has 2 amide bonds. The number of alkyl halides is 2. The molecule has 47 heavy (non-hydrogen) atoms. The molecule has 1 fully saturated rings. The fourth-order valence-electron chi connectivity index (χ4n) is 5.88. The number of fused-ring (bicyclic) bond motifs is 3. The van der Waals surface area contributed by atoms with Crippen LogP contribution in [-0.2, 0) is 14.3 Å². The summed E-state index contributed by atoms with van der Waals surface area (Å²) < 4.78 is 57.6. The largest absolute Gasteiger partial charge is 0.485 e. The molecule has 0 bridgehead atoms. The Morgan fingerprint density at radius 1 is 1.04 bits per heavy atom. The number of amides is 2. The van der Waals surface area contributed by atoms with Crippen molar-refractivity contribution < 1.29 is 37.0 Å². The maximum atomic E-state index is 15.7. The Morgan fingerprint density at radius 3 is 2.28 bits per heavy atom. The Morgan fingerprint density at radius 2 is 1.70 bits per heavy atom. The number of halogens is 5. The first-order valence-electron chi connectivity index (χ1n) is 14.7. The predicted molar refractivity (Wildman–Crippen MR) is 171 cm³/mol. The summed E-state index contributed by atoms with van der Waals surface area (Å²) in [7, 11) is 0. The van der Waals surface area contributed by atoms with Gasteiger partial charge in [-0.3, -0.25) is 9.69 Å². The summed E-state index contributed by atoms with van der Waals surface area (Å²) in [6.45, 7) is 0.413. The number of ether oxygens (including phenoxy) is 3. The third-order valence-electron chi connectivity index (χ3n) is 8.10. The summed E-state index contributed by atoms with van der Waals surface area (Å²) in [5.74, 6) is -2.16. The number of carbonyl (C=O) groups is 2. The van der Waals surface area contributed by atoms with E-state index in [1.165, 1.54) is 18.3 Å². The van der Waals surface area contributed by atoms with Gasteiger partial charge >= 0.3 is 6.09 Å². The highest BCUT2D eigenvalue weighted by atomic mass is 35.5. The van der Waals surface area contributed by atoms with Gasteiger partial charge in [0.05, 0.1) is 18.2 Å². The molecule has 1 aliphatic heterocycles. The van der Waals surface area contributed by atoms with Crippen molar-refractivity contribution in [2.75, 3.05) is 37.9 Å². The van der Waals surface area contributed by atoms with Crippen LogP contribution in [0.3, 0.4) is 0 Å². The molecule has 4 aromatic rings. The Balaban J connectivity index is 1.19. The Bertz CT molecular complexity index is 1790. The van der Waals surface area contributed by atoms with E-state index in [9.17, 15) is 18.4 Å². The van der Waals surface area contributed by atoms with Gasteiger partial charge in [0, 0.05) is 34.8 Å². The van der Waals surface area contributed by atoms with Crippen molar-refractivity contribution in [3.05, 3.63) is 99.9 Å². The number of alkyl carbamates (subject to hydrolysis) is 1. The molecule has 0 saturated carbocycles. The monoisotopic (exact) mass is 685 g/mol. The lowest BCUT2D eigenvalue weighted by Crippen LogP contribution is -2.70. The molecule has 0 radical (unpaired) electrons. The molecular formula is C34H28Cl2F3N3O5. The van der Waals surface area contributed by atoms with Gasteiger partial charge in [-0.15, -0.1) is 0 Å². The van der Waals surface area contributed by atoms with Gasteiger partial charge in [-0.05, 0) is 47.4 Å². The topological polar surface area (TPSA) is 90.0 Å². The number of nitrogens with one attached hydrogen (secondary N) is 1. The second-order valence-electron chi connectivity index (χ2n) is 11.1. The van der Waals surface area contributed by atoms with E-state index in [-0.39, 0.29) is 65.0 Å². The molecule has 0 atom stereocenters. The first kappa shape index (κ1) is 32.6. The Labute approximate surface area is 278 Å². The summed E-state index contributed by atoms with van der Waals surface area (Å²) in [6.07, 6.45) is -2.35. The summed E-state index contributed by atoms with van der Waals surface area (Å²) in [6, 6.07) is 19.6. The van der Waals surface area contributed by atoms with E-state index in [1.807, 2.05) is 48.5 Å². The molecule has 2 aliphatic rings. The second-order valence-corrected chi connectivity index (χ2v) is 11.9. The summed E-state index contributed by atoms with van der Waals surface area (Å²) >= 11 is 12.3. The van der Waals surface area contributed by atoms with Gasteiger partial charge in [0.25, 0.3) is 12.3 Å². The number of rotatable bonds is 10. The molecule has 244 valence electrons. The number of benzene rings is 3. The quantitative estimate of drug-likeness (QED) is 0.186. The first-order valence-corrected chi connectivity index (χ1v) is 15.5. The maximum Gasteiger partial charge on any atom is 0.408 e. The molecule has 0 spiro atoms. The number of hydrogen-bond donors (Lipinski definition) is 1. The molecule has 8 nitrogen and oxygen atoms in total. The molecule has 0 unspecified atom stereocenters. The van der Waals surface area contributed by atoms with Crippen LogP contribution in [0.25, 0.3) is 22.3 Å². The van der Waals surface area contributed by atoms with Crippen LogP contribution in [0.4, 0.5) is 23.8 Å². The molecule has 2 heterocycles. The number of nitrogens with zero attached hydrogens (tertiary/aromatic N) is 2. The van der Waals surface area contributed by atoms with Gasteiger partial charge in [-0.1, -0.05) is 71.7 Å². The van der Waals surface area contributed by atoms with Crippen molar-refractivity contribution in [1.82, 2.24) is 10.3 Å². The number of pyridine rings is 1. The van der Waals surface area contributed by atoms with Crippen LogP contribution < -0.4 is 15.0 Å². The highest BCUT2D eigenvalue weighted by Gasteiger charge is 2.50. The lowest BCUT2D eigenvalue weighted by Gasteiger charge is -2.42. The minimum absolute atomic E-state index is 0.00195. The van der Waals surface area contributed by atoms with Gasteiger partial charge in [-0.25, -0.2) is 22.9 Å². The van der Waals surface area contributed by atoms with Crippen LogP contribution in [-0.4, -0.2) is 61.9 Å². The minimum atomic E-state index is -2.78. The van der Waals surface area contributed by atoms with E-state index in [4.69, 9.17) is 37.4 Å². The van der Waals surface area contributed by atoms with Crippen LogP contribution >= 0.6 is 23.2 Å². The van der Waals surface area contributed by atoms with Gasteiger partial charge in [0.1, 0.15) is 19.0 Å². The normalized spacial score (nSPS) is 14.6. The van der Waals surface area contributed by atoms with Gasteiger partial charge in [0.15, 0.2) is 17.2 Å². The van der Waals surface area contributed by atoms with Gasteiger partial charge < -0.3 is 19.5 Å². The standard InChI is InChI=1S/C34H28Cl2F3N3O5/c1-2-42(31-28(37)11-19(14-40-31)25-12-20(35)13-27(36)30(25)46-16-29(38)39)32(43)34(17-45-18-34)41-33(44)47-15-26-23-9-5-3-7-21(23)22-8-4-6-10-24(22)26/h3-14,26,29H,2,15-18H2,1H3,(H,41,44). The summed E-state index contributed by atoms with van der Waals surface area (Å²) in [5, 5.41) is 2.77. The van der Waals surface area contributed by atoms with E-state index in [0.717, 1.165) is 33.2 Å². The van der Waals surface area contributed by atoms with Crippen LogP contribution in [0.1, 0.15) is 24.0 Å². The third kappa shape index (κ3) is 6.35. The van der Waals surface area contributed by atoms with Crippen molar-refractivity contribution >= 4 is 41.0 Å². The molecule has 1 aliphatic carbocycles. The SMILES string of the molecule is CCN(C(=O)C1(NC(=O)OCC2c3ccccc3-c3ccccc32)COC1)c1ncc(-c2cc(Cl)cc(Cl)c2OCC(F)F)cc1F. The highest BCUT2D eigenvalue weighted by Crippen LogP contribution is 2.45. The van der Waals surface area contributed by atoms with Crippen LogP contribution in [0.2, 0.25) is 10.0 Å². The molecule has 1 N–H and O–H groups in total. The number of hydrogen-bond acceptors (Lipinski definition) is 6. The summed E-state index contributed by atoms with van der Waals surface area (Å²) in [4.78, 5) is 32.2. The van der Waals surface area contributed by atoms with Crippen molar-refractivity contribution in [3.63, 3.8) is 0 Å². The maximum absolute atomic E-state index is 15.7. The lowest BCUT2D eigenvalue weighted by atomic mass is 9.95. The van der Waals surface area contributed by atoms with Crippen LogP contribution in [0, 0.1) is 5.82 Å². The Kier molecular flexibility index (Phi) is 9.32. The van der Waals surface area contributed by atoms with Crippen LogP contribution in [0.5, 0.6) is 5.75 Å². The molecule has 3 aromatic carbocycles. The highest BCUT2D eigenvalue weighted by molar-refractivity contribution is 6.36. The van der Waals surface area contributed by atoms with E-state index in [0.29, 0.717) is 0 Å². The third-order valence-corrected chi connectivity index (χ3v) is 8.60. The minimum Gasteiger partial charge on any atom is -0.485 e. The molecule has 1 aromatic heterocycles. The van der Waals surface area contributed by atoms with Crippen molar-refractivity contribution in [3.8, 4) is 28.0 Å². The predicted octanol–water partition coefficient (Wildman–Crippen LogP) is 7.50.